The van der Waals surface area contributed by atoms with E-state index in [2.05, 4.69) is 39.8 Å². The van der Waals surface area contributed by atoms with E-state index in [1.54, 1.807) is 24.3 Å². The highest BCUT2D eigenvalue weighted by molar-refractivity contribution is 7.47. The van der Waals surface area contributed by atoms with Gasteiger partial charge < -0.3 is 61.3 Å². The number of imidazole rings is 1. The number of hydrogen-bond donors (Lipinski definition) is 8. The lowest BCUT2D eigenvalue weighted by molar-refractivity contribution is -0.158. The van der Waals surface area contributed by atoms with Crippen molar-refractivity contribution in [2.24, 2.45) is 10.8 Å². The lowest BCUT2D eigenvalue weighted by Gasteiger charge is -2.24. The van der Waals surface area contributed by atoms with Gasteiger partial charge in [-0.2, -0.15) is 4.98 Å². The standard InChI is InChI=1S/C32H41N13O16P2/c33-17(5-3-8-37-32(49)55-11-16-4-1-2-6-18(16)42-43-36)30(47)60-26-21(59-29(25(26)46)45-15-40-24-27(35)38-14-39-28(24)45)13-57-63(53,54)61-19-10-23(44-9-7-22(34)41-31(44)48)58-20(19)12-56-62(50,51)52/h1-2,4,6-7,9,14-15,17,19-21,23,25-26,29,46H,3,5,8,10-13,33H2,(H,37,49)(H,53,54)(H2,34,41,48)(H2,35,38,39)(H2,50,51,52)/t17?,19-,20+,21+,23+,25+,26+,29+/m0/s1. The van der Waals surface area contributed by atoms with Crippen LogP contribution in [-0.2, 0) is 53.1 Å². The first-order chi connectivity index (χ1) is 29.9. The SMILES string of the molecule is [N-]=[N+]=Nc1ccccc1COC(=O)NCCCC(N)C(=O)O[C@H]1[C@@H](O)[C@H](n2cnc3c(N)ncnc32)O[C@@H]1COP(=O)(O)O[C@H]1C[C@H](n2ccc(N)nc2=O)O[C@@H]1COP(=O)(O)O. The number of ether oxygens (including phenoxy) is 4. The molecular formula is C32H41N13O16P2. The molecule has 63 heavy (non-hydrogen) atoms. The van der Waals surface area contributed by atoms with E-state index in [9.17, 15) is 43.3 Å². The van der Waals surface area contributed by atoms with Crippen LogP contribution in [0.15, 0.2) is 59.1 Å². The minimum atomic E-state index is -5.21. The van der Waals surface area contributed by atoms with Gasteiger partial charge in [0.25, 0.3) is 0 Å². The van der Waals surface area contributed by atoms with Crippen LogP contribution in [-0.4, -0.2) is 117 Å². The van der Waals surface area contributed by atoms with Gasteiger partial charge in [0.15, 0.2) is 23.8 Å². The van der Waals surface area contributed by atoms with Gasteiger partial charge in [0.1, 0.15) is 61.0 Å². The van der Waals surface area contributed by atoms with Crippen molar-refractivity contribution < 1.29 is 71.0 Å². The molecule has 11 N–H and O–H groups in total. The molecule has 0 saturated carbocycles. The van der Waals surface area contributed by atoms with Crippen molar-refractivity contribution in [3.05, 3.63) is 75.7 Å². The quantitative estimate of drug-likeness (QED) is 0.0156. The third-order valence-corrected chi connectivity index (χ3v) is 10.9. The number of hydrogen-bond acceptors (Lipinski definition) is 21. The van der Waals surface area contributed by atoms with Crippen molar-refractivity contribution >= 4 is 56.2 Å². The van der Waals surface area contributed by atoms with Gasteiger partial charge in [0.2, 0.25) is 0 Å². The number of aliphatic hydroxyl groups is 1. The predicted molar refractivity (Wildman–Crippen MR) is 210 cm³/mol. The van der Waals surface area contributed by atoms with Crippen LogP contribution in [0.4, 0.5) is 22.1 Å². The van der Waals surface area contributed by atoms with Gasteiger partial charge in [-0.15, -0.1) is 0 Å². The van der Waals surface area contributed by atoms with Crippen molar-refractivity contribution in [3.8, 4) is 0 Å². The fourth-order valence-electron chi connectivity index (χ4n) is 6.43. The number of phosphoric acid groups is 2. The average molecular weight is 926 g/mol. The molecule has 0 bridgehead atoms. The monoisotopic (exact) mass is 925 g/mol. The van der Waals surface area contributed by atoms with E-state index < -0.39 is 95.6 Å². The molecule has 2 saturated heterocycles. The summed E-state index contributed by atoms with van der Waals surface area (Å²) < 4.78 is 64.7. The summed E-state index contributed by atoms with van der Waals surface area (Å²) in [5.41, 5.74) is 26.4. The van der Waals surface area contributed by atoms with E-state index in [-0.39, 0.29) is 60.9 Å². The third-order valence-electron chi connectivity index (χ3n) is 9.41. The molecule has 2 aliphatic rings. The zero-order valence-electron chi connectivity index (χ0n) is 32.5. The fraction of sp³-hybridized carbons (Fsp3) is 0.469. The average Bonchev–Trinajstić information content (AvgIpc) is 3.92. The first kappa shape index (κ1) is 46.9. The molecule has 340 valence electrons. The Hall–Kier alpha value is -5.64. The Morgan fingerprint density at radius 2 is 1.83 bits per heavy atom. The van der Waals surface area contributed by atoms with Crippen LogP contribution in [0.2, 0.25) is 0 Å². The fourth-order valence-corrected chi connectivity index (χ4v) is 7.73. The summed E-state index contributed by atoms with van der Waals surface area (Å²) in [4.78, 5) is 85.9. The topological polar surface area (TPSA) is 431 Å². The number of aromatic nitrogens is 6. The molecule has 0 radical (unpaired) electrons. The molecule has 9 atom stereocenters. The molecule has 2 unspecified atom stereocenters. The lowest BCUT2D eigenvalue weighted by Crippen LogP contribution is -2.43. The van der Waals surface area contributed by atoms with Crippen LogP contribution in [0.3, 0.4) is 0 Å². The Kier molecular flexibility index (Phi) is 15.1. The molecule has 0 spiro atoms. The highest BCUT2D eigenvalue weighted by Crippen LogP contribution is 2.50. The van der Waals surface area contributed by atoms with Crippen molar-refractivity contribution in [2.45, 2.75) is 74.9 Å². The maximum absolute atomic E-state index is 13.4. The maximum Gasteiger partial charge on any atom is 0.472 e. The molecular weight excluding hydrogens is 884 g/mol. The number of carbonyl (C=O) groups excluding carboxylic acids is 2. The Balaban J connectivity index is 1.10. The zero-order valence-corrected chi connectivity index (χ0v) is 34.3. The number of rotatable bonds is 19. The van der Waals surface area contributed by atoms with E-state index in [4.69, 9.17) is 50.7 Å². The molecule has 31 heteroatoms. The van der Waals surface area contributed by atoms with Crippen LogP contribution < -0.4 is 28.2 Å². The number of esters is 1. The number of benzene rings is 1. The predicted octanol–water partition coefficient (Wildman–Crippen LogP) is 0.292. The van der Waals surface area contributed by atoms with Crippen LogP contribution in [0.5, 0.6) is 0 Å². The number of alkyl carbamates (subject to hydrolysis) is 1. The molecule has 4 aromatic rings. The number of nitrogens with two attached hydrogens (primary N) is 3. The molecule has 2 fully saturated rings. The number of nitrogens with zero attached hydrogens (tertiary/aromatic N) is 9. The number of nitrogens with one attached hydrogen (secondary N) is 1. The number of azide groups is 1. The molecule has 0 aliphatic carbocycles. The van der Waals surface area contributed by atoms with E-state index in [0.29, 0.717) is 5.56 Å². The third kappa shape index (κ3) is 12.1. The second-order valence-electron chi connectivity index (χ2n) is 13.7. The Morgan fingerprint density at radius 1 is 1.06 bits per heavy atom. The highest BCUT2D eigenvalue weighted by Gasteiger charge is 2.50. The summed E-state index contributed by atoms with van der Waals surface area (Å²) in [6.45, 7) is -1.92. The van der Waals surface area contributed by atoms with Gasteiger partial charge in [-0.05, 0) is 30.0 Å². The molecule has 3 aromatic heterocycles. The Labute approximate surface area is 353 Å². The zero-order chi connectivity index (χ0) is 45.5. The first-order valence-corrected chi connectivity index (χ1v) is 21.6. The molecule has 29 nitrogen and oxygen atoms in total. The minimum absolute atomic E-state index is 0.00277. The minimum Gasteiger partial charge on any atom is -0.455 e. The van der Waals surface area contributed by atoms with Crippen molar-refractivity contribution in [1.82, 2.24) is 34.4 Å². The number of anilines is 2. The summed E-state index contributed by atoms with van der Waals surface area (Å²) in [6.07, 6.45) is -7.90. The molecule has 1 amide bonds. The van der Waals surface area contributed by atoms with Gasteiger partial charge in [-0.25, -0.2) is 33.7 Å². The number of nitrogen functional groups attached to an aromatic ring is 2. The number of fused-ring (bicyclic) bond motifs is 1. The van der Waals surface area contributed by atoms with Crippen molar-refractivity contribution in [3.63, 3.8) is 0 Å². The van der Waals surface area contributed by atoms with E-state index in [1.807, 2.05) is 0 Å². The number of aliphatic hydroxyl groups excluding tert-OH is 1. The maximum atomic E-state index is 13.4. The second-order valence-corrected chi connectivity index (χ2v) is 16.4. The van der Waals surface area contributed by atoms with Crippen LogP contribution in [0, 0.1) is 0 Å². The normalized spacial score (nSPS) is 23.7. The van der Waals surface area contributed by atoms with Gasteiger partial charge in [-0.1, -0.05) is 29.4 Å². The smallest absolute Gasteiger partial charge is 0.455 e. The number of amides is 1. The van der Waals surface area contributed by atoms with E-state index in [1.165, 1.54) is 23.2 Å². The van der Waals surface area contributed by atoms with Crippen LogP contribution in [0.25, 0.3) is 21.6 Å². The molecule has 5 heterocycles. The summed E-state index contributed by atoms with van der Waals surface area (Å²) >= 11 is 0. The number of carbonyl (C=O) groups is 2. The largest absolute Gasteiger partial charge is 0.472 e. The van der Waals surface area contributed by atoms with Crippen molar-refractivity contribution in [2.75, 3.05) is 31.2 Å². The summed E-state index contributed by atoms with van der Waals surface area (Å²) in [7, 11) is -10.3. The van der Waals surface area contributed by atoms with Gasteiger partial charge in [0.05, 0.1) is 19.5 Å². The second kappa shape index (κ2) is 20.2. The number of phosphoric ester groups is 2. The first-order valence-electron chi connectivity index (χ1n) is 18.5. The summed E-state index contributed by atoms with van der Waals surface area (Å²) in [5.74, 6) is -1.15. The van der Waals surface area contributed by atoms with Gasteiger partial charge >= 0.3 is 33.4 Å². The molecule has 1 aromatic carbocycles. The highest BCUT2D eigenvalue weighted by atomic mass is 31.2. The van der Waals surface area contributed by atoms with Gasteiger partial charge in [-0.3, -0.25) is 27.5 Å². The van der Waals surface area contributed by atoms with Crippen LogP contribution >= 0.6 is 15.6 Å². The van der Waals surface area contributed by atoms with Crippen LogP contribution in [0.1, 0.15) is 37.3 Å². The summed E-state index contributed by atoms with van der Waals surface area (Å²) in [5, 5.41) is 17.5. The van der Waals surface area contributed by atoms with Crippen molar-refractivity contribution in [1.29, 1.82) is 0 Å². The lowest BCUT2D eigenvalue weighted by atomic mass is 10.1. The summed E-state index contributed by atoms with van der Waals surface area (Å²) in [6, 6.07) is 6.45. The van der Waals surface area contributed by atoms with Gasteiger partial charge in [0, 0.05) is 29.8 Å². The Bertz CT molecular complexity index is 2480. The molecule has 2 aliphatic heterocycles. The van der Waals surface area contributed by atoms with E-state index in [0.717, 1.165) is 10.9 Å². The van der Waals surface area contributed by atoms with E-state index >= 15 is 0 Å². The molecule has 6 rings (SSSR count). The Morgan fingerprint density at radius 3 is 2.57 bits per heavy atom.